The molecule has 0 amide bonds. The minimum Gasteiger partial charge on any atom is -0.382 e. The van der Waals surface area contributed by atoms with Crippen LogP contribution in [0, 0.1) is 12.7 Å². The van der Waals surface area contributed by atoms with Crippen molar-refractivity contribution in [3.05, 3.63) is 51.5 Å². The van der Waals surface area contributed by atoms with Crippen molar-refractivity contribution in [2.24, 2.45) is 0 Å². The molecule has 1 unspecified atom stereocenters. The minimum atomic E-state index is -1.02. The molecule has 1 aromatic carbocycles. The van der Waals surface area contributed by atoms with Crippen LogP contribution in [0.3, 0.4) is 0 Å². The van der Waals surface area contributed by atoms with E-state index in [1.54, 1.807) is 36.0 Å². The van der Waals surface area contributed by atoms with E-state index < -0.39 is 6.10 Å². The lowest BCUT2D eigenvalue weighted by molar-refractivity contribution is 0.201. The number of nitrogens with zero attached hydrogens (tertiary/aromatic N) is 2. The van der Waals surface area contributed by atoms with Crippen molar-refractivity contribution >= 4 is 15.9 Å². The molecule has 0 saturated heterocycles. The molecule has 102 valence electrons. The fraction of sp³-hybridized carbons (Fsp3) is 0.357. The lowest BCUT2D eigenvalue weighted by atomic mass is 10.0. The Morgan fingerprint density at radius 1 is 1.47 bits per heavy atom. The second-order valence-corrected chi connectivity index (χ2v) is 5.34. The molecule has 0 aliphatic carbocycles. The number of aliphatic hydroxyl groups is 1. The van der Waals surface area contributed by atoms with Crippen molar-refractivity contribution in [3.63, 3.8) is 0 Å². The first-order chi connectivity index (χ1) is 9.06. The maximum atomic E-state index is 14.1. The van der Waals surface area contributed by atoms with Crippen LogP contribution in [0.25, 0.3) is 0 Å². The minimum absolute atomic E-state index is 0.276. The molecule has 0 saturated carbocycles. The van der Waals surface area contributed by atoms with E-state index >= 15 is 0 Å². The van der Waals surface area contributed by atoms with Crippen molar-refractivity contribution in [2.45, 2.75) is 32.9 Å². The Hall–Kier alpha value is -1.20. The maximum absolute atomic E-state index is 14.1. The van der Waals surface area contributed by atoms with Gasteiger partial charge in [0.15, 0.2) is 0 Å². The maximum Gasteiger partial charge on any atom is 0.132 e. The normalized spacial score (nSPS) is 12.7. The van der Waals surface area contributed by atoms with E-state index in [0.717, 1.165) is 6.42 Å². The van der Waals surface area contributed by atoms with Gasteiger partial charge in [-0.1, -0.05) is 25.1 Å². The van der Waals surface area contributed by atoms with E-state index in [-0.39, 0.29) is 11.4 Å². The summed E-state index contributed by atoms with van der Waals surface area (Å²) in [5.41, 5.74) is 1.39. The molecule has 2 aromatic rings. The fourth-order valence-electron chi connectivity index (χ4n) is 2.06. The van der Waals surface area contributed by atoms with Crippen molar-refractivity contribution in [1.29, 1.82) is 0 Å². The quantitative estimate of drug-likeness (QED) is 0.932. The molecule has 1 atom stereocenters. The largest absolute Gasteiger partial charge is 0.382 e. The van der Waals surface area contributed by atoms with Crippen LogP contribution in [0.4, 0.5) is 4.39 Å². The summed E-state index contributed by atoms with van der Waals surface area (Å²) in [7, 11) is 0. The molecule has 1 heterocycles. The third-order valence-electron chi connectivity index (χ3n) is 3.04. The number of hydrogen-bond acceptors (Lipinski definition) is 2. The van der Waals surface area contributed by atoms with Crippen LogP contribution in [-0.2, 0) is 6.54 Å². The van der Waals surface area contributed by atoms with Crippen molar-refractivity contribution in [2.75, 3.05) is 0 Å². The second-order valence-electron chi connectivity index (χ2n) is 4.48. The summed E-state index contributed by atoms with van der Waals surface area (Å²) >= 11 is 3.36. The molecule has 0 radical (unpaired) electrons. The standard InChI is InChI=1S/C14H16BrFN2O/c1-3-7-18-13(11(15)8-17-18)14(19)10-6-4-5-9(2)12(10)16/h4-6,8,14,19H,3,7H2,1-2H3. The smallest absolute Gasteiger partial charge is 0.132 e. The molecule has 0 aliphatic rings. The number of aliphatic hydroxyl groups excluding tert-OH is 1. The Morgan fingerprint density at radius 2 is 2.21 bits per heavy atom. The summed E-state index contributed by atoms with van der Waals surface area (Å²) in [6.07, 6.45) is 1.50. The molecular weight excluding hydrogens is 311 g/mol. The van der Waals surface area contributed by atoms with Crippen LogP contribution in [0.2, 0.25) is 0 Å². The zero-order valence-electron chi connectivity index (χ0n) is 10.9. The third kappa shape index (κ3) is 2.72. The molecule has 0 fully saturated rings. The molecule has 2 rings (SSSR count). The van der Waals surface area contributed by atoms with Gasteiger partial charge in [-0.15, -0.1) is 0 Å². The second kappa shape index (κ2) is 5.84. The van der Waals surface area contributed by atoms with E-state index in [1.165, 1.54) is 0 Å². The summed E-state index contributed by atoms with van der Waals surface area (Å²) < 4.78 is 16.5. The van der Waals surface area contributed by atoms with Gasteiger partial charge in [-0.2, -0.15) is 5.10 Å². The van der Waals surface area contributed by atoms with E-state index in [2.05, 4.69) is 21.0 Å². The molecule has 3 nitrogen and oxygen atoms in total. The van der Waals surface area contributed by atoms with Crippen LogP contribution in [-0.4, -0.2) is 14.9 Å². The Balaban J connectivity index is 2.46. The van der Waals surface area contributed by atoms with Crippen LogP contribution >= 0.6 is 15.9 Å². The monoisotopic (exact) mass is 326 g/mol. The van der Waals surface area contributed by atoms with Gasteiger partial charge in [-0.3, -0.25) is 4.68 Å². The zero-order chi connectivity index (χ0) is 14.0. The Kier molecular flexibility index (Phi) is 4.37. The lowest BCUT2D eigenvalue weighted by Crippen LogP contribution is -2.12. The van der Waals surface area contributed by atoms with Gasteiger partial charge in [0.1, 0.15) is 11.9 Å². The van der Waals surface area contributed by atoms with Gasteiger partial charge in [0.05, 0.1) is 16.4 Å². The van der Waals surface area contributed by atoms with Gasteiger partial charge in [0.25, 0.3) is 0 Å². The highest BCUT2D eigenvalue weighted by Gasteiger charge is 2.22. The van der Waals surface area contributed by atoms with E-state index in [0.29, 0.717) is 22.3 Å². The van der Waals surface area contributed by atoms with Gasteiger partial charge in [-0.05, 0) is 34.8 Å². The number of aryl methyl sites for hydroxylation is 2. The number of aromatic nitrogens is 2. The molecule has 1 N–H and O–H groups in total. The predicted molar refractivity (Wildman–Crippen MR) is 75.4 cm³/mol. The number of hydrogen-bond donors (Lipinski definition) is 1. The fourth-order valence-corrected chi connectivity index (χ4v) is 2.58. The lowest BCUT2D eigenvalue weighted by Gasteiger charge is -2.15. The van der Waals surface area contributed by atoms with Gasteiger partial charge >= 0.3 is 0 Å². The molecule has 0 bridgehead atoms. The summed E-state index contributed by atoms with van der Waals surface area (Å²) in [5, 5.41) is 14.6. The van der Waals surface area contributed by atoms with Gasteiger partial charge in [0.2, 0.25) is 0 Å². The summed E-state index contributed by atoms with van der Waals surface area (Å²) in [5.74, 6) is -0.369. The highest BCUT2D eigenvalue weighted by Crippen LogP contribution is 2.30. The van der Waals surface area contributed by atoms with E-state index in [9.17, 15) is 9.50 Å². The molecule has 0 aliphatic heterocycles. The molecule has 0 spiro atoms. The zero-order valence-corrected chi connectivity index (χ0v) is 12.5. The van der Waals surface area contributed by atoms with Crippen LogP contribution < -0.4 is 0 Å². The third-order valence-corrected chi connectivity index (χ3v) is 3.65. The first-order valence-corrected chi connectivity index (χ1v) is 6.99. The van der Waals surface area contributed by atoms with Crippen LogP contribution in [0.5, 0.6) is 0 Å². The summed E-state index contributed by atoms with van der Waals surface area (Å²) in [6.45, 7) is 4.40. The topological polar surface area (TPSA) is 38.0 Å². The Labute approximate surface area is 120 Å². The predicted octanol–water partition coefficient (Wildman–Crippen LogP) is 3.58. The van der Waals surface area contributed by atoms with E-state index in [4.69, 9.17) is 0 Å². The van der Waals surface area contributed by atoms with Crippen molar-refractivity contribution in [3.8, 4) is 0 Å². The van der Waals surface area contributed by atoms with Crippen molar-refractivity contribution in [1.82, 2.24) is 9.78 Å². The highest BCUT2D eigenvalue weighted by atomic mass is 79.9. The number of benzene rings is 1. The average Bonchev–Trinajstić information content (AvgIpc) is 2.74. The van der Waals surface area contributed by atoms with Gasteiger partial charge in [-0.25, -0.2) is 4.39 Å². The SMILES string of the molecule is CCCn1ncc(Br)c1C(O)c1cccc(C)c1F. The first kappa shape index (κ1) is 14.2. The summed E-state index contributed by atoms with van der Waals surface area (Å²) in [6, 6.07) is 5.03. The Bertz CT molecular complexity index is 583. The summed E-state index contributed by atoms with van der Waals surface area (Å²) in [4.78, 5) is 0. The van der Waals surface area contributed by atoms with Gasteiger partial charge in [0, 0.05) is 12.1 Å². The Morgan fingerprint density at radius 3 is 2.89 bits per heavy atom. The van der Waals surface area contributed by atoms with E-state index in [1.807, 2.05) is 6.92 Å². The van der Waals surface area contributed by atoms with Crippen molar-refractivity contribution < 1.29 is 9.50 Å². The molecule has 19 heavy (non-hydrogen) atoms. The number of rotatable bonds is 4. The van der Waals surface area contributed by atoms with Crippen LogP contribution in [0.1, 0.15) is 36.3 Å². The van der Waals surface area contributed by atoms with Gasteiger partial charge < -0.3 is 5.11 Å². The average molecular weight is 327 g/mol. The molecular formula is C14H16BrFN2O. The molecule has 5 heteroatoms. The highest BCUT2D eigenvalue weighted by molar-refractivity contribution is 9.10. The first-order valence-electron chi connectivity index (χ1n) is 6.20. The van der Waals surface area contributed by atoms with Crippen LogP contribution in [0.15, 0.2) is 28.9 Å². The number of halogens is 2. The molecule has 1 aromatic heterocycles.